The van der Waals surface area contributed by atoms with Gasteiger partial charge in [-0.2, -0.15) is 0 Å². The maximum absolute atomic E-state index is 5.72. The van der Waals surface area contributed by atoms with Gasteiger partial charge in [-0.15, -0.1) is 0 Å². The minimum Gasteiger partial charge on any atom is -0.489 e. The van der Waals surface area contributed by atoms with Crippen molar-refractivity contribution in [2.45, 2.75) is 6.92 Å². The quantitative estimate of drug-likeness (QED) is 0.746. The SMILES string of the molecule is CCO[Si](Oc1ccccc1)Oc1ccccc1. The van der Waals surface area contributed by atoms with Gasteiger partial charge in [0.05, 0.1) is 0 Å². The number of benzene rings is 2. The molecule has 0 aliphatic heterocycles. The molecule has 0 aromatic heterocycles. The van der Waals surface area contributed by atoms with Crippen molar-refractivity contribution in [3.8, 4) is 11.5 Å². The lowest BCUT2D eigenvalue weighted by atomic mass is 10.3. The first-order valence-electron chi connectivity index (χ1n) is 5.84. The Labute approximate surface area is 109 Å². The van der Waals surface area contributed by atoms with Crippen LogP contribution in [0.4, 0.5) is 0 Å². The van der Waals surface area contributed by atoms with E-state index >= 15 is 0 Å². The van der Waals surface area contributed by atoms with Gasteiger partial charge < -0.3 is 13.3 Å². The highest BCUT2D eigenvalue weighted by Gasteiger charge is 2.24. The Kier molecular flexibility index (Phi) is 4.81. The third-order valence-electron chi connectivity index (χ3n) is 2.15. The van der Waals surface area contributed by atoms with E-state index in [4.69, 9.17) is 13.3 Å². The molecule has 0 saturated heterocycles. The lowest BCUT2D eigenvalue weighted by Crippen LogP contribution is -2.33. The molecule has 18 heavy (non-hydrogen) atoms. The molecule has 0 saturated carbocycles. The van der Waals surface area contributed by atoms with Crippen molar-refractivity contribution in [1.29, 1.82) is 0 Å². The van der Waals surface area contributed by atoms with Gasteiger partial charge in [-0.1, -0.05) is 36.4 Å². The third kappa shape index (κ3) is 3.91. The van der Waals surface area contributed by atoms with Gasteiger partial charge in [0.15, 0.2) is 0 Å². The van der Waals surface area contributed by atoms with Gasteiger partial charge in [-0.3, -0.25) is 0 Å². The third-order valence-corrected chi connectivity index (χ3v) is 3.48. The molecule has 0 aliphatic rings. The molecule has 93 valence electrons. The Morgan fingerprint density at radius 1 is 0.778 bits per heavy atom. The summed E-state index contributed by atoms with van der Waals surface area (Å²) >= 11 is 0. The summed E-state index contributed by atoms with van der Waals surface area (Å²) in [5.74, 6) is 1.52. The van der Waals surface area contributed by atoms with Crippen LogP contribution < -0.4 is 8.85 Å². The van der Waals surface area contributed by atoms with Crippen molar-refractivity contribution in [2.75, 3.05) is 6.61 Å². The molecule has 0 spiro atoms. The maximum Gasteiger partial charge on any atom is 0.736 e. The van der Waals surface area contributed by atoms with E-state index in [9.17, 15) is 0 Å². The Bertz CT molecular complexity index is 406. The van der Waals surface area contributed by atoms with E-state index in [2.05, 4.69) is 0 Å². The molecule has 2 rings (SSSR count). The molecule has 0 heterocycles. The smallest absolute Gasteiger partial charge is 0.489 e. The minimum atomic E-state index is -1.80. The fraction of sp³-hybridized carbons (Fsp3) is 0.143. The van der Waals surface area contributed by atoms with Crippen LogP contribution in [0, 0.1) is 0 Å². The molecule has 2 aromatic carbocycles. The Morgan fingerprint density at radius 3 is 1.61 bits per heavy atom. The second-order valence-corrected chi connectivity index (χ2v) is 4.71. The van der Waals surface area contributed by atoms with Gasteiger partial charge in [0.25, 0.3) is 0 Å². The van der Waals surface area contributed by atoms with E-state index < -0.39 is 9.53 Å². The van der Waals surface area contributed by atoms with Gasteiger partial charge >= 0.3 is 9.53 Å². The zero-order chi connectivity index (χ0) is 12.6. The highest BCUT2D eigenvalue weighted by Crippen LogP contribution is 2.14. The fourth-order valence-corrected chi connectivity index (χ4v) is 2.42. The van der Waals surface area contributed by atoms with Crippen molar-refractivity contribution < 1.29 is 13.3 Å². The normalized spacial score (nSPS) is 10.3. The molecule has 0 unspecified atom stereocenters. The number of para-hydroxylation sites is 2. The Balaban J connectivity index is 2.00. The predicted octanol–water partition coefficient (Wildman–Crippen LogP) is 3.17. The molecule has 1 radical (unpaired) electrons. The van der Waals surface area contributed by atoms with Crippen LogP contribution in [-0.4, -0.2) is 16.1 Å². The minimum absolute atomic E-state index is 0.563. The van der Waals surface area contributed by atoms with Crippen LogP contribution in [0.1, 0.15) is 6.92 Å². The first-order chi connectivity index (χ1) is 8.88. The summed E-state index contributed by atoms with van der Waals surface area (Å²) in [4.78, 5) is 0. The summed E-state index contributed by atoms with van der Waals surface area (Å²) in [6.07, 6.45) is 0. The monoisotopic (exact) mass is 259 g/mol. The molecule has 0 amide bonds. The molecule has 0 bridgehead atoms. The summed E-state index contributed by atoms with van der Waals surface area (Å²) in [6, 6.07) is 19.1. The highest BCUT2D eigenvalue weighted by atomic mass is 28.3. The summed E-state index contributed by atoms with van der Waals surface area (Å²) in [7, 11) is -1.80. The van der Waals surface area contributed by atoms with Crippen LogP contribution in [0.15, 0.2) is 60.7 Å². The van der Waals surface area contributed by atoms with Crippen LogP contribution in [-0.2, 0) is 4.43 Å². The maximum atomic E-state index is 5.72. The van der Waals surface area contributed by atoms with Crippen molar-refractivity contribution in [3.63, 3.8) is 0 Å². The fourth-order valence-electron chi connectivity index (χ4n) is 1.37. The summed E-state index contributed by atoms with van der Waals surface area (Å²) in [5, 5.41) is 0. The van der Waals surface area contributed by atoms with Crippen LogP contribution in [0.3, 0.4) is 0 Å². The highest BCUT2D eigenvalue weighted by molar-refractivity contribution is 6.38. The number of hydrogen-bond acceptors (Lipinski definition) is 3. The predicted molar refractivity (Wildman–Crippen MR) is 71.5 cm³/mol. The second-order valence-electron chi connectivity index (χ2n) is 3.51. The number of hydrogen-bond donors (Lipinski definition) is 0. The van der Waals surface area contributed by atoms with Gasteiger partial charge in [0.1, 0.15) is 11.5 Å². The molecule has 0 N–H and O–H groups in total. The van der Waals surface area contributed by atoms with E-state index in [1.165, 1.54) is 0 Å². The van der Waals surface area contributed by atoms with E-state index in [1.807, 2.05) is 67.6 Å². The average Bonchev–Trinajstić information content (AvgIpc) is 2.41. The largest absolute Gasteiger partial charge is 0.736 e. The van der Waals surface area contributed by atoms with Crippen LogP contribution >= 0.6 is 0 Å². The molecular formula is C14H15O3Si. The first kappa shape index (κ1) is 12.7. The van der Waals surface area contributed by atoms with Crippen molar-refractivity contribution in [1.82, 2.24) is 0 Å². The van der Waals surface area contributed by atoms with Crippen molar-refractivity contribution in [2.24, 2.45) is 0 Å². The van der Waals surface area contributed by atoms with Gasteiger partial charge in [-0.25, -0.2) is 0 Å². The Morgan fingerprint density at radius 2 is 1.22 bits per heavy atom. The van der Waals surface area contributed by atoms with Crippen molar-refractivity contribution >= 4 is 9.53 Å². The van der Waals surface area contributed by atoms with Crippen LogP contribution in [0.25, 0.3) is 0 Å². The van der Waals surface area contributed by atoms with Gasteiger partial charge in [0, 0.05) is 6.61 Å². The first-order valence-corrected chi connectivity index (χ1v) is 7.06. The molecule has 3 nitrogen and oxygen atoms in total. The molecule has 2 aromatic rings. The lowest BCUT2D eigenvalue weighted by molar-refractivity contribution is 0.212. The molecule has 4 heteroatoms. The molecule has 0 atom stereocenters. The summed E-state index contributed by atoms with van der Waals surface area (Å²) < 4.78 is 16.9. The van der Waals surface area contributed by atoms with E-state index in [-0.39, 0.29) is 0 Å². The second kappa shape index (κ2) is 6.83. The topological polar surface area (TPSA) is 27.7 Å². The standard InChI is InChI=1S/C14H15O3Si/c1-2-15-18(16-13-9-5-3-6-10-13)17-14-11-7-4-8-12-14/h3-12H,2H2,1H3. The molecule has 0 aliphatic carbocycles. The van der Waals surface area contributed by atoms with E-state index in [0.29, 0.717) is 6.61 Å². The van der Waals surface area contributed by atoms with Gasteiger partial charge in [0.2, 0.25) is 0 Å². The van der Waals surface area contributed by atoms with Crippen molar-refractivity contribution in [3.05, 3.63) is 60.7 Å². The van der Waals surface area contributed by atoms with Gasteiger partial charge in [-0.05, 0) is 31.2 Å². The van der Waals surface area contributed by atoms with Crippen LogP contribution in [0.5, 0.6) is 11.5 Å². The summed E-state index contributed by atoms with van der Waals surface area (Å²) in [6.45, 7) is 2.49. The summed E-state index contributed by atoms with van der Waals surface area (Å²) in [5.41, 5.74) is 0. The zero-order valence-corrected chi connectivity index (χ0v) is 11.2. The van der Waals surface area contributed by atoms with E-state index in [1.54, 1.807) is 0 Å². The van der Waals surface area contributed by atoms with Crippen LogP contribution in [0.2, 0.25) is 0 Å². The number of rotatable bonds is 6. The molecular weight excluding hydrogens is 244 g/mol. The average molecular weight is 259 g/mol. The Hall–Kier alpha value is -1.78. The lowest BCUT2D eigenvalue weighted by Gasteiger charge is -2.15. The zero-order valence-electron chi connectivity index (χ0n) is 10.2. The molecule has 0 fully saturated rings. The van der Waals surface area contributed by atoms with E-state index in [0.717, 1.165) is 11.5 Å².